The first-order valence-corrected chi connectivity index (χ1v) is 8.96. The molecule has 0 aliphatic rings. The van der Waals surface area contributed by atoms with Crippen LogP contribution in [0, 0.1) is 0 Å². The van der Waals surface area contributed by atoms with Crippen LogP contribution in [-0.4, -0.2) is 20.6 Å². The monoisotopic (exact) mass is 374 g/mol. The van der Waals surface area contributed by atoms with Crippen molar-refractivity contribution in [1.82, 2.24) is 0 Å². The zero-order valence-electron chi connectivity index (χ0n) is 12.2. The molecule has 5 nitrogen and oxygen atoms in total. The van der Waals surface area contributed by atoms with Gasteiger partial charge in [-0.2, -0.15) is 0 Å². The van der Waals surface area contributed by atoms with Gasteiger partial charge in [-0.3, -0.25) is 4.79 Å². The number of carbonyl (C=O) groups is 1. The fourth-order valence-corrected chi connectivity index (χ4v) is 2.89. The maximum Gasteiger partial charge on any atom is 0.308 e. The minimum atomic E-state index is -3.36. The number of benzene rings is 2. The molecule has 0 unspecified atom stereocenters. The summed E-state index contributed by atoms with van der Waals surface area (Å²) < 4.78 is 33.5. The Balaban J connectivity index is 2.32. The lowest BCUT2D eigenvalue weighted by Gasteiger charge is -2.10. The first-order chi connectivity index (χ1) is 10.6. The zero-order chi connectivity index (χ0) is 17.2. The quantitative estimate of drug-likeness (QED) is 0.594. The molecule has 0 saturated carbocycles. The van der Waals surface area contributed by atoms with Crippen molar-refractivity contribution >= 4 is 39.0 Å². The van der Waals surface area contributed by atoms with Gasteiger partial charge in [-0.1, -0.05) is 23.2 Å². The average molecular weight is 375 g/mol. The number of esters is 1. The van der Waals surface area contributed by atoms with Crippen molar-refractivity contribution in [3.8, 4) is 17.2 Å². The highest BCUT2D eigenvalue weighted by Gasteiger charge is 2.12. The van der Waals surface area contributed by atoms with Crippen LogP contribution in [0.4, 0.5) is 0 Å². The highest BCUT2D eigenvalue weighted by Crippen LogP contribution is 2.34. The van der Waals surface area contributed by atoms with E-state index in [1.54, 1.807) is 0 Å². The molecule has 0 radical (unpaired) electrons. The van der Waals surface area contributed by atoms with E-state index in [1.165, 1.54) is 43.3 Å². The molecule has 0 aromatic heterocycles. The molecule has 2 aromatic carbocycles. The van der Waals surface area contributed by atoms with Crippen molar-refractivity contribution in [3.05, 3.63) is 46.4 Å². The van der Waals surface area contributed by atoms with Crippen LogP contribution in [0.15, 0.2) is 41.3 Å². The van der Waals surface area contributed by atoms with E-state index in [1.807, 2.05) is 0 Å². The summed E-state index contributed by atoms with van der Waals surface area (Å²) in [7, 11) is -3.36. The number of sulfone groups is 1. The van der Waals surface area contributed by atoms with Gasteiger partial charge in [-0.25, -0.2) is 8.42 Å². The van der Waals surface area contributed by atoms with Crippen LogP contribution in [-0.2, 0) is 14.6 Å². The average Bonchev–Trinajstić information content (AvgIpc) is 2.38. The maximum atomic E-state index is 11.5. The van der Waals surface area contributed by atoms with Crippen molar-refractivity contribution in [2.45, 2.75) is 11.8 Å². The summed E-state index contributed by atoms with van der Waals surface area (Å²) in [6.45, 7) is 1.27. The van der Waals surface area contributed by atoms with Crippen molar-refractivity contribution in [2.24, 2.45) is 0 Å². The second-order valence-electron chi connectivity index (χ2n) is 4.68. The normalized spacial score (nSPS) is 11.1. The lowest BCUT2D eigenvalue weighted by atomic mass is 10.3. The largest absolute Gasteiger partial charge is 0.456 e. The van der Waals surface area contributed by atoms with Crippen molar-refractivity contribution < 1.29 is 22.7 Å². The fourth-order valence-electron chi connectivity index (χ4n) is 1.74. The second-order valence-corrected chi connectivity index (χ2v) is 7.54. The fraction of sp³-hybridized carbons (Fsp3) is 0.133. The van der Waals surface area contributed by atoms with Crippen LogP contribution in [0.3, 0.4) is 0 Å². The van der Waals surface area contributed by atoms with Gasteiger partial charge in [0.15, 0.2) is 9.84 Å². The standard InChI is InChI=1S/C15H12Cl2O5S/c1-9(18)21-11-5-10(16)6-12(7-11)22-15-4-3-13(8-14(15)17)23(2,19)20/h3-8H,1-2H3. The molecule has 0 saturated heterocycles. The number of carbonyl (C=O) groups excluding carboxylic acids is 1. The molecular weight excluding hydrogens is 363 g/mol. The van der Waals surface area contributed by atoms with E-state index in [4.69, 9.17) is 32.7 Å². The van der Waals surface area contributed by atoms with E-state index in [0.29, 0.717) is 10.8 Å². The third kappa shape index (κ3) is 4.86. The number of rotatable bonds is 4. The number of halogens is 2. The molecule has 0 bridgehead atoms. The van der Waals surface area contributed by atoms with Crippen LogP contribution in [0.25, 0.3) is 0 Å². The summed E-state index contributed by atoms with van der Waals surface area (Å²) in [6.07, 6.45) is 1.08. The molecule has 0 N–H and O–H groups in total. The predicted molar refractivity (Wildman–Crippen MR) is 87.4 cm³/mol. The van der Waals surface area contributed by atoms with E-state index < -0.39 is 15.8 Å². The Labute approximate surface area is 143 Å². The summed E-state index contributed by atoms with van der Waals surface area (Å²) in [5, 5.41) is 0.435. The van der Waals surface area contributed by atoms with Gasteiger partial charge in [0.2, 0.25) is 0 Å². The van der Waals surface area contributed by atoms with Gasteiger partial charge in [-0.15, -0.1) is 0 Å². The van der Waals surface area contributed by atoms with E-state index >= 15 is 0 Å². The molecule has 122 valence electrons. The minimum absolute atomic E-state index is 0.0848. The number of ether oxygens (including phenoxy) is 2. The molecule has 0 heterocycles. The molecular formula is C15H12Cl2O5S. The third-order valence-corrected chi connectivity index (χ3v) is 4.29. The minimum Gasteiger partial charge on any atom is -0.456 e. The van der Waals surface area contributed by atoms with Crippen LogP contribution < -0.4 is 9.47 Å². The van der Waals surface area contributed by atoms with Crippen LogP contribution in [0.1, 0.15) is 6.92 Å². The highest BCUT2D eigenvalue weighted by molar-refractivity contribution is 7.90. The molecule has 0 aliphatic carbocycles. The van der Waals surface area contributed by atoms with E-state index in [-0.39, 0.29) is 21.4 Å². The number of hydrogen-bond donors (Lipinski definition) is 0. The molecule has 0 fully saturated rings. The first kappa shape index (κ1) is 17.6. The van der Waals surface area contributed by atoms with Crippen LogP contribution >= 0.6 is 23.2 Å². The van der Waals surface area contributed by atoms with Crippen molar-refractivity contribution in [1.29, 1.82) is 0 Å². The van der Waals surface area contributed by atoms with Gasteiger partial charge >= 0.3 is 5.97 Å². The molecule has 23 heavy (non-hydrogen) atoms. The summed E-state index contributed by atoms with van der Waals surface area (Å²) in [6, 6.07) is 8.55. The van der Waals surface area contributed by atoms with Gasteiger partial charge in [0.05, 0.1) is 9.92 Å². The highest BCUT2D eigenvalue weighted by atomic mass is 35.5. The molecule has 2 rings (SSSR count). The predicted octanol–water partition coefficient (Wildman–Crippen LogP) is 4.11. The molecule has 0 spiro atoms. The Morgan fingerprint density at radius 2 is 1.70 bits per heavy atom. The zero-order valence-corrected chi connectivity index (χ0v) is 14.5. The van der Waals surface area contributed by atoms with Crippen molar-refractivity contribution in [3.63, 3.8) is 0 Å². The number of hydrogen-bond acceptors (Lipinski definition) is 5. The molecule has 0 amide bonds. The van der Waals surface area contributed by atoms with Gasteiger partial charge in [0, 0.05) is 24.3 Å². The lowest BCUT2D eigenvalue weighted by Crippen LogP contribution is -2.01. The Morgan fingerprint density at radius 1 is 1.04 bits per heavy atom. The Hall–Kier alpha value is -1.76. The first-order valence-electron chi connectivity index (χ1n) is 6.31. The summed E-state index contributed by atoms with van der Waals surface area (Å²) in [4.78, 5) is 11.1. The second kappa shape index (κ2) is 6.78. The SMILES string of the molecule is CC(=O)Oc1cc(Cl)cc(Oc2ccc(S(C)(=O)=O)cc2Cl)c1. The van der Waals surface area contributed by atoms with Gasteiger partial charge in [0.1, 0.15) is 17.2 Å². The molecule has 2 aromatic rings. The van der Waals surface area contributed by atoms with Gasteiger partial charge < -0.3 is 9.47 Å². The molecule has 0 atom stereocenters. The molecule has 0 aliphatic heterocycles. The summed E-state index contributed by atoms with van der Waals surface area (Å²) >= 11 is 12.0. The molecule has 8 heteroatoms. The topological polar surface area (TPSA) is 69.7 Å². The third-order valence-electron chi connectivity index (χ3n) is 2.67. The summed E-state index contributed by atoms with van der Waals surface area (Å²) in [5.74, 6) is 0.274. The maximum absolute atomic E-state index is 11.5. The lowest BCUT2D eigenvalue weighted by molar-refractivity contribution is -0.131. The van der Waals surface area contributed by atoms with Crippen LogP contribution in [0.5, 0.6) is 17.2 Å². The van der Waals surface area contributed by atoms with E-state index in [0.717, 1.165) is 6.26 Å². The summed E-state index contributed by atoms with van der Waals surface area (Å²) in [5.41, 5.74) is 0. The van der Waals surface area contributed by atoms with Crippen LogP contribution in [0.2, 0.25) is 10.0 Å². The van der Waals surface area contributed by atoms with Crippen molar-refractivity contribution in [2.75, 3.05) is 6.26 Å². The van der Waals surface area contributed by atoms with Gasteiger partial charge in [-0.05, 0) is 30.3 Å². The van der Waals surface area contributed by atoms with E-state index in [9.17, 15) is 13.2 Å². The Bertz CT molecular complexity index is 862. The Morgan fingerprint density at radius 3 is 2.26 bits per heavy atom. The van der Waals surface area contributed by atoms with Gasteiger partial charge in [0.25, 0.3) is 0 Å². The Kier molecular flexibility index (Phi) is 5.19. The smallest absolute Gasteiger partial charge is 0.308 e. The van der Waals surface area contributed by atoms with E-state index in [2.05, 4.69) is 0 Å².